The van der Waals surface area contributed by atoms with E-state index in [1.54, 1.807) is 6.07 Å². The molecule has 0 heterocycles. The van der Waals surface area contributed by atoms with E-state index < -0.39 is 5.82 Å². The number of hydrogen-bond acceptors (Lipinski definition) is 2. The van der Waals surface area contributed by atoms with Crippen LogP contribution in [0.5, 0.6) is 5.75 Å². The SMILES string of the molecule is C=CCCC[C@H]1CC[C@H]([C@H]2CC[C@H](C(=O)Oc3ccc(Cl)c(F)c3)CC2)CC1. The minimum Gasteiger partial charge on any atom is -0.426 e. The van der Waals surface area contributed by atoms with Gasteiger partial charge in [0.1, 0.15) is 11.6 Å². The lowest BCUT2D eigenvalue weighted by molar-refractivity contribution is -0.140. The van der Waals surface area contributed by atoms with Crippen molar-refractivity contribution < 1.29 is 13.9 Å². The molecule has 0 saturated heterocycles. The summed E-state index contributed by atoms with van der Waals surface area (Å²) in [6.07, 6.45) is 15.2. The molecule has 1 aromatic rings. The lowest BCUT2D eigenvalue weighted by Crippen LogP contribution is -2.30. The van der Waals surface area contributed by atoms with E-state index in [1.807, 2.05) is 6.08 Å². The Bertz CT molecular complexity index is 659. The number of hydrogen-bond donors (Lipinski definition) is 0. The maximum Gasteiger partial charge on any atom is 0.314 e. The zero-order valence-electron chi connectivity index (χ0n) is 16.7. The third-order valence-corrected chi connectivity index (χ3v) is 7.10. The highest BCUT2D eigenvalue weighted by molar-refractivity contribution is 6.30. The fraction of sp³-hybridized carbons (Fsp3) is 0.625. The maximum atomic E-state index is 13.5. The molecular weight excluding hydrogens is 375 g/mol. The van der Waals surface area contributed by atoms with Gasteiger partial charge in [0.15, 0.2) is 0 Å². The number of benzene rings is 1. The third kappa shape index (κ3) is 5.83. The van der Waals surface area contributed by atoms with Crippen LogP contribution in [0.1, 0.15) is 70.6 Å². The maximum absolute atomic E-state index is 13.5. The quantitative estimate of drug-likeness (QED) is 0.205. The molecule has 0 atom stereocenters. The molecule has 2 aliphatic carbocycles. The van der Waals surface area contributed by atoms with Gasteiger partial charge in [0.25, 0.3) is 0 Å². The van der Waals surface area contributed by atoms with Crippen LogP contribution in [-0.2, 0) is 4.79 Å². The molecule has 0 aromatic heterocycles. The molecule has 1 aromatic carbocycles. The van der Waals surface area contributed by atoms with Crippen LogP contribution in [0.2, 0.25) is 5.02 Å². The number of carbonyl (C=O) groups excluding carboxylic acids is 1. The van der Waals surface area contributed by atoms with Gasteiger partial charge in [-0.1, -0.05) is 36.9 Å². The smallest absolute Gasteiger partial charge is 0.314 e. The number of unbranched alkanes of at least 4 members (excludes halogenated alkanes) is 1. The van der Waals surface area contributed by atoms with E-state index in [2.05, 4.69) is 6.58 Å². The van der Waals surface area contributed by atoms with Crippen molar-refractivity contribution in [2.45, 2.75) is 70.6 Å². The van der Waals surface area contributed by atoms with Gasteiger partial charge in [-0.25, -0.2) is 4.39 Å². The Morgan fingerprint density at radius 3 is 2.36 bits per heavy atom. The highest BCUT2D eigenvalue weighted by Crippen LogP contribution is 2.42. The van der Waals surface area contributed by atoms with Crippen molar-refractivity contribution in [3.8, 4) is 5.75 Å². The standard InChI is InChI=1S/C24H32ClFO2/c1-2-3-4-5-17-6-8-18(9-7-17)19-10-12-20(13-11-19)24(27)28-21-14-15-22(25)23(26)16-21/h2,14-20H,1,3-13H2/t17-,18-,19-,20-. The molecule has 3 rings (SSSR count). The number of carbonyl (C=O) groups is 1. The van der Waals surface area contributed by atoms with Gasteiger partial charge in [0, 0.05) is 6.07 Å². The topological polar surface area (TPSA) is 26.3 Å². The molecule has 0 bridgehead atoms. The molecule has 2 fully saturated rings. The first kappa shape index (κ1) is 21.4. The highest BCUT2D eigenvalue weighted by Gasteiger charge is 2.33. The number of ether oxygens (including phenoxy) is 1. The van der Waals surface area contributed by atoms with Crippen molar-refractivity contribution in [1.82, 2.24) is 0 Å². The largest absolute Gasteiger partial charge is 0.426 e. The predicted molar refractivity (Wildman–Crippen MR) is 112 cm³/mol. The van der Waals surface area contributed by atoms with Gasteiger partial charge in [-0.15, -0.1) is 6.58 Å². The summed E-state index contributed by atoms with van der Waals surface area (Å²) in [5.41, 5.74) is 0. The Morgan fingerprint density at radius 2 is 1.75 bits per heavy atom. The summed E-state index contributed by atoms with van der Waals surface area (Å²) in [7, 11) is 0. The Hall–Kier alpha value is -1.35. The zero-order valence-corrected chi connectivity index (χ0v) is 17.4. The van der Waals surface area contributed by atoms with Crippen molar-refractivity contribution >= 4 is 17.6 Å². The van der Waals surface area contributed by atoms with Crippen molar-refractivity contribution in [3.05, 3.63) is 41.7 Å². The first-order chi connectivity index (χ1) is 13.6. The van der Waals surface area contributed by atoms with Gasteiger partial charge >= 0.3 is 5.97 Å². The molecule has 4 heteroatoms. The van der Waals surface area contributed by atoms with Crippen LogP contribution in [0.15, 0.2) is 30.9 Å². The second-order valence-electron chi connectivity index (χ2n) is 8.61. The van der Waals surface area contributed by atoms with Crippen LogP contribution in [0, 0.1) is 29.5 Å². The van der Waals surface area contributed by atoms with Gasteiger partial charge in [0.2, 0.25) is 0 Å². The molecular formula is C24H32ClFO2. The predicted octanol–water partition coefficient (Wildman–Crippen LogP) is 7.35. The summed E-state index contributed by atoms with van der Waals surface area (Å²) in [6, 6.07) is 4.14. The molecule has 0 N–H and O–H groups in total. The first-order valence-electron chi connectivity index (χ1n) is 10.8. The van der Waals surface area contributed by atoms with Crippen LogP contribution < -0.4 is 4.74 Å². The third-order valence-electron chi connectivity index (χ3n) is 6.79. The lowest BCUT2D eigenvalue weighted by atomic mass is 9.68. The first-order valence-corrected chi connectivity index (χ1v) is 11.2. The van der Waals surface area contributed by atoms with Crippen LogP contribution in [-0.4, -0.2) is 5.97 Å². The van der Waals surface area contributed by atoms with Gasteiger partial charge in [-0.2, -0.15) is 0 Å². The van der Waals surface area contributed by atoms with Crippen molar-refractivity contribution in [2.75, 3.05) is 0 Å². The molecule has 2 nitrogen and oxygen atoms in total. The molecule has 0 unspecified atom stereocenters. The molecule has 0 amide bonds. The van der Waals surface area contributed by atoms with E-state index in [0.717, 1.165) is 49.9 Å². The number of halogens is 2. The molecule has 28 heavy (non-hydrogen) atoms. The minimum atomic E-state index is -0.559. The van der Waals surface area contributed by atoms with Crippen LogP contribution >= 0.6 is 11.6 Å². The zero-order chi connectivity index (χ0) is 19.9. The van der Waals surface area contributed by atoms with E-state index in [1.165, 1.54) is 50.7 Å². The van der Waals surface area contributed by atoms with Crippen molar-refractivity contribution in [3.63, 3.8) is 0 Å². The fourth-order valence-electron chi connectivity index (χ4n) is 5.07. The summed E-state index contributed by atoms with van der Waals surface area (Å²) in [5, 5.41) is 0.0377. The number of rotatable bonds is 7. The second-order valence-corrected chi connectivity index (χ2v) is 9.02. The molecule has 0 spiro atoms. The van der Waals surface area contributed by atoms with Crippen LogP contribution in [0.25, 0.3) is 0 Å². The van der Waals surface area contributed by atoms with Gasteiger partial charge in [-0.3, -0.25) is 4.79 Å². The van der Waals surface area contributed by atoms with Crippen LogP contribution in [0.4, 0.5) is 4.39 Å². The Labute approximate surface area is 173 Å². The number of esters is 1. The monoisotopic (exact) mass is 406 g/mol. The Balaban J connectivity index is 1.40. The van der Waals surface area contributed by atoms with Gasteiger partial charge in [-0.05, 0) is 81.3 Å². The van der Waals surface area contributed by atoms with E-state index in [9.17, 15) is 9.18 Å². The van der Waals surface area contributed by atoms with Crippen molar-refractivity contribution in [1.29, 1.82) is 0 Å². The normalized spacial score (nSPS) is 27.9. The average molecular weight is 407 g/mol. The van der Waals surface area contributed by atoms with E-state index >= 15 is 0 Å². The van der Waals surface area contributed by atoms with E-state index in [-0.39, 0.29) is 22.7 Å². The summed E-state index contributed by atoms with van der Waals surface area (Å²) >= 11 is 5.68. The van der Waals surface area contributed by atoms with Gasteiger partial charge < -0.3 is 4.74 Å². The number of allylic oxidation sites excluding steroid dienone is 1. The molecule has 0 radical (unpaired) electrons. The summed E-state index contributed by atoms with van der Waals surface area (Å²) in [6.45, 7) is 3.81. The Morgan fingerprint density at radius 1 is 1.11 bits per heavy atom. The van der Waals surface area contributed by atoms with Gasteiger partial charge in [0.05, 0.1) is 10.9 Å². The molecule has 2 saturated carbocycles. The van der Waals surface area contributed by atoms with E-state index in [4.69, 9.17) is 16.3 Å². The average Bonchev–Trinajstić information content (AvgIpc) is 2.72. The summed E-state index contributed by atoms with van der Waals surface area (Å²) in [4.78, 5) is 12.4. The fourth-order valence-corrected chi connectivity index (χ4v) is 5.18. The Kier molecular flexibility index (Phi) is 7.96. The summed E-state index contributed by atoms with van der Waals surface area (Å²) < 4.78 is 18.9. The lowest BCUT2D eigenvalue weighted by Gasteiger charge is -2.37. The molecule has 0 aliphatic heterocycles. The highest BCUT2D eigenvalue weighted by atomic mass is 35.5. The van der Waals surface area contributed by atoms with E-state index in [0.29, 0.717) is 0 Å². The minimum absolute atomic E-state index is 0.0377. The van der Waals surface area contributed by atoms with Crippen LogP contribution in [0.3, 0.4) is 0 Å². The summed E-state index contributed by atoms with van der Waals surface area (Å²) in [5.74, 6) is 1.88. The molecule has 2 aliphatic rings. The second kappa shape index (κ2) is 10.4. The van der Waals surface area contributed by atoms with Crippen molar-refractivity contribution in [2.24, 2.45) is 23.7 Å². The molecule has 154 valence electrons.